The number of aromatic nitrogens is 1. The summed E-state index contributed by atoms with van der Waals surface area (Å²) in [5.74, 6) is 0. The van der Waals surface area contributed by atoms with Gasteiger partial charge in [0.2, 0.25) is 0 Å². The van der Waals surface area contributed by atoms with Crippen LogP contribution in [0.1, 0.15) is 25.0 Å². The van der Waals surface area contributed by atoms with E-state index in [9.17, 15) is 0 Å². The third kappa shape index (κ3) is 2.69. The number of fused-ring (bicyclic) bond motifs is 5. The van der Waals surface area contributed by atoms with Crippen LogP contribution in [0.5, 0.6) is 0 Å². The minimum atomic E-state index is -0.128. The third-order valence-electron chi connectivity index (χ3n) is 7.57. The minimum absolute atomic E-state index is 0.128. The molecule has 0 unspecified atom stereocenters. The summed E-state index contributed by atoms with van der Waals surface area (Å²) in [6.07, 6.45) is 0. The van der Waals surface area contributed by atoms with Crippen molar-refractivity contribution in [3.8, 4) is 5.00 Å². The van der Waals surface area contributed by atoms with Gasteiger partial charge in [-0.1, -0.05) is 98.0 Å². The normalized spacial score (nSPS) is 14.2. The first kappa shape index (κ1) is 21.1. The average Bonchev–Trinajstić information content (AvgIpc) is 3.38. The highest BCUT2D eigenvalue weighted by Crippen LogP contribution is 2.56. The highest BCUT2D eigenvalue weighted by Gasteiger charge is 2.38. The second-order valence-electron chi connectivity index (χ2n) is 9.90. The van der Waals surface area contributed by atoms with Crippen molar-refractivity contribution in [2.24, 2.45) is 0 Å². The highest BCUT2D eigenvalue weighted by atomic mass is 32.1. The SMILES string of the molecule is CC1(C)c2ccccc2N(c2sc(-n3c4ccccc4c4ccccc43)c(N)c2N)c2ccccc21. The van der Waals surface area contributed by atoms with E-state index in [1.54, 1.807) is 11.3 Å². The Labute approximate surface area is 214 Å². The molecule has 0 spiro atoms. The molecule has 0 amide bonds. The number of nitrogens with two attached hydrogens (primary N) is 2. The van der Waals surface area contributed by atoms with E-state index in [0.717, 1.165) is 32.4 Å². The highest BCUT2D eigenvalue weighted by molar-refractivity contribution is 7.20. The van der Waals surface area contributed by atoms with Crippen LogP contribution in [0.4, 0.5) is 27.8 Å². The van der Waals surface area contributed by atoms with Crippen LogP contribution < -0.4 is 16.4 Å². The van der Waals surface area contributed by atoms with Crippen LogP contribution in [0.15, 0.2) is 97.1 Å². The van der Waals surface area contributed by atoms with Crippen LogP contribution in [0, 0.1) is 0 Å². The molecule has 4 nitrogen and oxygen atoms in total. The van der Waals surface area contributed by atoms with Crippen molar-refractivity contribution in [3.63, 3.8) is 0 Å². The van der Waals surface area contributed by atoms with Crippen molar-refractivity contribution in [1.82, 2.24) is 4.57 Å². The molecule has 4 N–H and O–H groups in total. The number of thiophene rings is 1. The van der Waals surface area contributed by atoms with Gasteiger partial charge in [-0.25, -0.2) is 0 Å². The van der Waals surface area contributed by atoms with Crippen LogP contribution in [0.25, 0.3) is 26.8 Å². The zero-order valence-corrected chi connectivity index (χ0v) is 21.0. The zero-order valence-electron chi connectivity index (χ0n) is 20.2. The van der Waals surface area contributed by atoms with Gasteiger partial charge in [0.05, 0.1) is 33.8 Å². The molecule has 1 aliphatic heterocycles. The van der Waals surface area contributed by atoms with Gasteiger partial charge in [0.1, 0.15) is 10.0 Å². The van der Waals surface area contributed by atoms with Crippen LogP contribution in [-0.4, -0.2) is 4.57 Å². The Hall–Kier alpha value is -4.22. The van der Waals surface area contributed by atoms with Gasteiger partial charge >= 0.3 is 0 Å². The second-order valence-corrected chi connectivity index (χ2v) is 10.9. The van der Waals surface area contributed by atoms with Crippen LogP contribution >= 0.6 is 11.3 Å². The van der Waals surface area contributed by atoms with E-state index < -0.39 is 0 Å². The topological polar surface area (TPSA) is 60.2 Å². The number of nitrogen functional groups attached to an aromatic ring is 2. The summed E-state index contributed by atoms with van der Waals surface area (Å²) in [5, 5.41) is 4.30. The fourth-order valence-electron chi connectivity index (χ4n) is 5.79. The molecule has 0 aliphatic carbocycles. The molecule has 0 bridgehead atoms. The molecule has 0 saturated carbocycles. The van der Waals surface area contributed by atoms with Crippen LogP contribution in [0.3, 0.4) is 0 Å². The van der Waals surface area contributed by atoms with Crippen molar-refractivity contribution in [1.29, 1.82) is 0 Å². The van der Waals surface area contributed by atoms with Crippen LogP contribution in [-0.2, 0) is 5.41 Å². The third-order valence-corrected chi connectivity index (χ3v) is 8.76. The molecule has 1 aliphatic rings. The number of rotatable bonds is 2. The Bertz CT molecular complexity index is 1700. The van der Waals surface area contributed by atoms with E-state index >= 15 is 0 Å². The first-order valence-electron chi connectivity index (χ1n) is 12.1. The Morgan fingerprint density at radius 3 is 1.58 bits per heavy atom. The van der Waals surface area contributed by atoms with E-state index in [1.165, 1.54) is 21.9 Å². The van der Waals surface area contributed by atoms with Crippen molar-refractivity contribution in [2.45, 2.75) is 19.3 Å². The molecule has 0 atom stereocenters. The van der Waals surface area contributed by atoms with Crippen molar-refractivity contribution >= 4 is 60.9 Å². The maximum absolute atomic E-state index is 6.84. The Morgan fingerprint density at radius 2 is 1.03 bits per heavy atom. The molecule has 7 rings (SSSR count). The van der Waals surface area contributed by atoms with E-state index in [-0.39, 0.29) is 5.41 Å². The summed E-state index contributed by atoms with van der Waals surface area (Å²) >= 11 is 1.65. The Morgan fingerprint density at radius 1 is 0.583 bits per heavy atom. The molecule has 4 aromatic carbocycles. The van der Waals surface area contributed by atoms with E-state index in [0.29, 0.717) is 11.4 Å². The Balaban J connectivity index is 1.53. The summed E-state index contributed by atoms with van der Waals surface area (Å²) < 4.78 is 2.26. The smallest absolute Gasteiger partial charge is 0.128 e. The summed E-state index contributed by atoms with van der Waals surface area (Å²) in [4.78, 5) is 2.30. The molecule has 6 aromatic rings. The van der Waals surface area contributed by atoms with Crippen molar-refractivity contribution in [3.05, 3.63) is 108 Å². The average molecular weight is 487 g/mol. The summed E-state index contributed by atoms with van der Waals surface area (Å²) in [5.41, 5.74) is 21.8. The van der Waals surface area contributed by atoms with Gasteiger partial charge in [-0.2, -0.15) is 0 Å². The van der Waals surface area contributed by atoms with Crippen molar-refractivity contribution < 1.29 is 0 Å². The number of hydrogen-bond donors (Lipinski definition) is 2. The molecular formula is C31H26N4S. The lowest BCUT2D eigenvalue weighted by Crippen LogP contribution is -2.30. The minimum Gasteiger partial charge on any atom is -0.395 e. The van der Waals surface area contributed by atoms with Gasteiger partial charge in [-0.15, -0.1) is 0 Å². The molecule has 36 heavy (non-hydrogen) atoms. The van der Waals surface area contributed by atoms with Crippen molar-refractivity contribution in [2.75, 3.05) is 16.4 Å². The maximum atomic E-state index is 6.84. The maximum Gasteiger partial charge on any atom is 0.128 e. The van der Waals surface area contributed by atoms with E-state index in [1.807, 2.05) is 0 Å². The predicted octanol–water partition coefficient (Wildman–Crippen LogP) is 8.12. The second kappa shape index (κ2) is 7.39. The van der Waals surface area contributed by atoms with E-state index in [2.05, 4.69) is 120 Å². The number of hydrogen-bond acceptors (Lipinski definition) is 4. The molecule has 176 valence electrons. The first-order valence-corrected chi connectivity index (χ1v) is 13.0. The lowest BCUT2D eigenvalue weighted by atomic mass is 9.74. The number of nitrogens with zero attached hydrogens (tertiary/aromatic N) is 2. The molecule has 0 fully saturated rings. The fourth-order valence-corrected chi connectivity index (χ4v) is 6.99. The predicted molar refractivity (Wildman–Crippen MR) is 154 cm³/mol. The molecular weight excluding hydrogens is 460 g/mol. The van der Waals surface area contributed by atoms with Gasteiger partial charge < -0.3 is 11.5 Å². The molecule has 3 heterocycles. The first-order chi connectivity index (χ1) is 17.5. The van der Waals surface area contributed by atoms with Gasteiger partial charge in [-0.3, -0.25) is 9.47 Å². The summed E-state index contributed by atoms with van der Waals surface area (Å²) in [6.45, 7) is 4.58. The number of benzene rings is 4. The summed E-state index contributed by atoms with van der Waals surface area (Å²) in [7, 11) is 0. The molecule has 2 aromatic heterocycles. The standard InChI is InChI=1S/C31H26N4S/c1-31(2)21-13-5-9-17-25(21)35(26-18-10-6-14-22(26)31)30-28(33)27(32)29(36-30)34-23-15-7-3-11-19(23)20-12-4-8-16-24(20)34/h3-18H,32-33H2,1-2H3. The molecule has 0 radical (unpaired) electrons. The molecule has 5 heteroatoms. The zero-order chi connectivity index (χ0) is 24.6. The van der Waals surface area contributed by atoms with Gasteiger partial charge in [0.25, 0.3) is 0 Å². The van der Waals surface area contributed by atoms with Crippen LogP contribution in [0.2, 0.25) is 0 Å². The lowest BCUT2D eigenvalue weighted by molar-refractivity contribution is 0.632. The monoisotopic (exact) mass is 486 g/mol. The molecule has 0 saturated heterocycles. The summed E-state index contributed by atoms with van der Waals surface area (Å²) in [6, 6.07) is 34.2. The largest absolute Gasteiger partial charge is 0.395 e. The number of para-hydroxylation sites is 4. The van der Waals surface area contributed by atoms with Gasteiger partial charge in [-0.05, 0) is 35.4 Å². The number of anilines is 5. The lowest BCUT2D eigenvalue weighted by Gasteiger charge is -2.41. The fraction of sp³-hybridized carbons (Fsp3) is 0.0968. The van der Waals surface area contributed by atoms with Gasteiger partial charge in [0.15, 0.2) is 0 Å². The van der Waals surface area contributed by atoms with E-state index in [4.69, 9.17) is 11.5 Å². The van der Waals surface area contributed by atoms with Gasteiger partial charge in [0, 0.05) is 16.2 Å². The Kier molecular flexibility index (Phi) is 4.33. The quantitative estimate of drug-likeness (QED) is 0.260.